The summed E-state index contributed by atoms with van der Waals surface area (Å²) >= 11 is 1.03. The minimum Gasteiger partial charge on any atom is -0.497 e. The van der Waals surface area contributed by atoms with Crippen LogP contribution in [-0.4, -0.2) is 31.8 Å². The number of hydrogen-bond acceptors (Lipinski definition) is 7. The van der Waals surface area contributed by atoms with Gasteiger partial charge in [0, 0.05) is 11.5 Å². The second kappa shape index (κ2) is 8.68. The smallest absolute Gasteiger partial charge is 0.243 e. The number of allylic oxidation sites excluding steroid dienone is 1. The fraction of sp³-hybridized carbons (Fsp3) is 0.368. The van der Waals surface area contributed by atoms with E-state index in [1.807, 2.05) is 6.07 Å². The van der Waals surface area contributed by atoms with Gasteiger partial charge in [-0.3, -0.25) is 9.59 Å². The molecule has 0 radical (unpaired) electrons. The van der Waals surface area contributed by atoms with Crippen LogP contribution in [0.4, 0.5) is 5.69 Å². The summed E-state index contributed by atoms with van der Waals surface area (Å²) in [7, 11) is 3.00. The second-order valence-electron chi connectivity index (χ2n) is 6.49. The molecule has 2 rings (SSSR count). The summed E-state index contributed by atoms with van der Waals surface area (Å²) < 4.78 is 10.4. The number of methoxy groups -OCH3 is 2. The van der Waals surface area contributed by atoms with E-state index in [1.165, 1.54) is 14.2 Å². The molecule has 0 aliphatic carbocycles. The molecule has 9 heteroatoms. The SMILES string of the molecule is COc1ccc(OC)c(NC(=O)CSC2=C(C#N)C(C)(C)[C@@H](C#N)C(=O)N2)c1. The van der Waals surface area contributed by atoms with E-state index in [-0.39, 0.29) is 22.3 Å². The number of anilines is 1. The third-order valence-electron chi connectivity index (χ3n) is 4.36. The Morgan fingerprint density at radius 1 is 1.32 bits per heavy atom. The van der Waals surface area contributed by atoms with Crippen molar-refractivity contribution in [3.63, 3.8) is 0 Å². The highest BCUT2D eigenvalue weighted by Crippen LogP contribution is 2.41. The highest BCUT2D eigenvalue weighted by Gasteiger charge is 2.44. The van der Waals surface area contributed by atoms with E-state index in [2.05, 4.69) is 16.7 Å². The van der Waals surface area contributed by atoms with Gasteiger partial charge < -0.3 is 20.1 Å². The quantitative estimate of drug-likeness (QED) is 0.751. The highest BCUT2D eigenvalue weighted by atomic mass is 32.2. The van der Waals surface area contributed by atoms with Crippen molar-refractivity contribution in [1.82, 2.24) is 5.32 Å². The van der Waals surface area contributed by atoms with Crippen molar-refractivity contribution in [3.05, 3.63) is 28.8 Å². The van der Waals surface area contributed by atoms with E-state index in [4.69, 9.17) is 9.47 Å². The van der Waals surface area contributed by atoms with Gasteiger partial charge in [0.2, 0.25) is 11.8 Å². The fourth-order valence-corrected chi connectivity index (χ4v) is 3.74. The van der Waals surface area contributed by atoms with Gasteiger partial charge >= 0.3 is 0 Å². The standard InChI is InChI=1S/C19H20N4O4S/c1-19(2)12(8-20)17(25)23-18(13(19)9-21)28-10-16(24)22-14-7-11(26-3)5-6-15(14)27-4/h5-7,12H,10H2,1-4H3,(H,22,24)(H,23,25)/t12-/m0/s1. The summed E-state index contributed by atoms with van der Waals surface area (Å²) in [5.74, 6) is -0.822. The third-order valence-corrected chi connectivity index (χ3v) is 5.36. The topological polar surface area (TPSA) is 124 Å². The number of rotatable bonds is 6. The number of hydrogen-bond donors (Lipinski definition) is 2. The Morgan fingerprint density at radius 2 is 2.04 bits per heavy atom. The van der Waals surface area contributed by atoms with Crippen LogP contribution in [0.25, 0.3) is 0 Å². The maximum Gasteiger partial charge on any atom is 0.243 e. The lowest BCUT2D eigenvalue weighted by Crippen LogP contribution is -2.44. The van der Waals surface area contributed by atoms with Gasteiger partial charge in [-0.05, 0) is 12.1 Å². The third kappa shape index (κ3) is 4.21. The second-order valence-corrected chi connectivity index (χ2v) is 7.48. The Kier molecular flexibility index (Phi) is 6.55. The molecule has 0 unspecified atom stereocenters. The molecule has 0 fully saturated rings. The number of carbonyl (C=O) groups excluding carboxylic acids is 2. The Bertz CT molecular complexity index is 911. The van der Waals surface area contributed by atoms with Crippen LogP contribution in [0, 0.1) is 34.0 Å². The van der Waals surface area contributed by atoms with Gasteiger partial charge in [-0.25, -0.2) is 0 Å². The molecule has 1 aliphatic heterocycles. The van der Waals surface area contributed by atoms with Crippen molar-refractivity contribution in [3.8, 4) is 23.6 Å². The average Bonchev–Trinajstić information content (AvgIpc) is 2.65. The van der Waals surface area contributed by atoms with Crippen molar-refractivity contribution in [2.24, 2.45) is 11.3 Å². The van der Waals surface area contributed by atoms with Crippen LogP contribution in [0.2, 0.25) is 0 Å². The maximum atomic E-state index is 12.4. The van der Waals surface area contributed by atoms with Crippen LogP contribution in [0.15, 0.2) is 28.8 Å². The van der Waals surface area contributed by atoms with Crippen molar-refractivity contribution < 1.29 is 19.1 Å². The zero-order chi connectivity index (χ0) is 20.9. The largest absolute Gasteiger partial charge is 0.497 e. The van der Waals surface area contributed by atoms with Crippen molar-refractivity contribution in [2.45, 2.75) is 13.8 Å². The van der Waals surface area contributed by atoms with Crippen molar-refractivity contribution in [1.29, 1.82) is 10.5 Å². The van der Waals surface area contributed by atoms with Crippen molar-refractivity contribution in [2.75, 3.05) is 25.3 Å². The average molecular weight is 400 g/mol. The number of nitriles is 2. The van der Waals surface area contributed by atoms with Crippen LogP contribution < -0.4 is 20.1 Å². The number of benzene rings is 1. The molecule has 1 aliphatic rings. The van der Waals surface area contributed by atoms with E-state index in [0.717, 1.165) is 11.8 Å². The van der Waals surface area contributed by atoms with E-state index in [0.29, 0.717) is 17.2 Å². The lowest BCUT2D eigenvalue weighted by Gasteiger charge is -2.34. The van der Waals surface area contributed by atoms with Gasteiger partial charge in [0.25, 0.3) is 0 Å². The lowest BCUT2D eigenvalue weighted by molar-refractivity contribution is -0.125. The van der Waals surface area contributed by atoms with Crippen LogP contribution in [0.3, 0.4) is 0 Å². The highest BCUT2D eigenvalue weighted by molar-refractivity contribution is 8.03. The Hall–Kier alpha value is -3.17. The first kappa shape index (κ1) is 21.1. The van der Waals surface area contributed by atoms with E-state index in [9.17, 15) is 20.1 Å². The Morgan fingerprint density at radius 3 is 2.61 bits per heavy atom. The molecule has 1 atom stereocenters. The van der Waals surface area contributed by atoms with Gasteiger partial charge in [0.15, 0.2) is 0 Å². The van der Waals surface area contributed by atoms with E-state index in [1.54, 1.807) is 32.0 Å². The number of nitrogens with one attached hydrogen (secondary N) is 2. The summed E-state index contributed by atoms with van der Waals surface area (Å²) in [6.45, 7) is 3.33. The normalized spacial score (nSPS) is 17.8. The zero-order valence-corrected chi connectivity index (χ0v) is 16.8. The minimum absolute atomic E-state index is 0.0472. The minimum atomic E-state index is -0.971. The predicted octanol–water partition coefficient (Wildman–Crippen LogP) is 2.41. The molecule has 0 spiro atoms. The molecule has 2 amide bonds. The number of carbonyl (C=O) groups is 2. The predicted molar refractivity (Wildman–Crippen MR) is 104 cm³/mol. The number of amides is 2. The summed E-state index contributed by atoms with van der Waals surface area (Å²) in [5.41, 5.74) is -0.226. The molecule has 1 aromatic rings. The summed E-state index contributed by atoms with van der Waals surface area (Å²) in [4.78, 5) is 24.6. The fourth-order valence-electron chi connectivity index (χ4n) is 2.77. The Balaban J connectivity index is 2.16. The summed E-state index contributed by atoms with van der Waals surface area (Å²) in [6, 6.07) is 9.01. The monoisotopic (exact) mass is 400 g/mol. The summed E-state index contributed by atoms with van der Waals surface area (Å²) in [6.07, 6.45) is 0. The molecular formula is C19H20N4O4S. The number of nitrogens with zero attached hydrogens (tertiary/aromatic N) is 2. The van der Waals surface area contributed by atoms with Gasteiger partial charge in [-0.1, -0.05) is 25.6 Å². The number of ether oxygens (including phenoxy) is 2. The molecule has 2 N–H and O–H groups in total. The van der Waals surface area contributed by atoms with Crippen LogP contribution >= 0.6 is 11.8 Å². The molecule has 146 valence electrons. The van der Waals surface area contributed by atoms with Crippen LogP contribution in [-0.2, 0) is 9.59 Å². The van der Waals surface area contributed by atoms with Crippen LogP contribution in [0.5, 0.6) is 11.5 Å². The zero-order valence-electron chi connectivity index (χ0n) is 16.0. The van der Waals surface area contributed by atoms with E-state index < -0.39 is 17.2 Å². The molecule has 8 nitrogen and oxygen atoms in total. The molecule has 0 saturated carbocycles. The van der Waals surface area contributed by atoms with E-state index >= 15 is 0 Å². The molecule has 28 heavy (non-hydrogen) atoms. The number of thioether (sulfide) groups is 1. The molecule has 0 aromatic heterocycles. The molecule has 1 aromatic carbocycles. The van der Waals surface area contributed by atoms with Gasteiger partial charge in [-0.2, -0.15) is 10.5 Å². The first-order chi connectivity index (χ1) is 13.3. The Labute approximate surface area is 167 Å². The van der Waals surface area contributed by atoms with Gasteiger partial charge in [-0.15, -0.1) is 0 Å². The van der Waals surface area contributed by atoms with Gasteiger partial charge in [0.1, 0.15) is 17.4 Å². The lowest BCUT2D eigenvalue weighted by atomic mass is 9.72. The molecule has 1 heterocycles. The van der Waals surface area contributed by atoms with Crippen LogP contribution in [0.1, 0.15) is 13.8 Å². The summed E-state index contributed by atoms with van der Waals surface area (Å²) in [5, 5.41) is 24.3. The molecular weight excluding hydrogens is 380 g/mol. The first-order valence-electron chi connectivity index (χ1n) is 8.28. The first-order valence-corrected chi connectivity index (χ1v) is 9.27. The van der Waals surface area contributed by atoms with Gasteiger partial charge in [0.05, 0.1) is 48.4 Å². The maximum absolute atomic E-state index is 12.4. The van der Waals surface area contributed by atoms with Crippen molar-refractivity contribution >= 4 is 29.3 Å². The molecule has 0 saturated heterocycles. The molecule has 0 bridgehead atoms.